The van der Waals surface area contributed by atoms with Gasteiger partial charge in [-0.2, -0.15) is 9.90 Å². The normalized spacial score (nSPS) is 11.3. The van der Waals surface area contributed by atoms with Gasteiger partial charge in [-0.1, -0.05) is 17.7 Å². The van der Waals surface area contributed by atoms with E-state index >= 15 is 4.39 Å². The smallest absolute Gasteiger partial charge is 0.255 e. The number of ether oxygens (including phenoxy) is 1. The van der Waals surface area contributed by atoms with Gasteiger partial charge in [0, 0.05) is 28.1 Å². The molecule has 0 aliphatic carbocycles. The van der Waals surface area contributed by atoms with Gasteiger partial charge in [-0.05, 0) is 60.5 Å². The van der Waals surface area contributed by atoms with Crippen LogP contribution in [0.15, 0.2) is 82.7 Å². The first-order chi connectivity index (χ1) is 18.6. The van der Waals surface area contributed by atoms with E-state index in [4.69, 9.17) is 16.3 Å². The molecule has 5 rings (SSSR count). The van der Waals surface area contributed by atoms with Crippen LogP contribution in [-0.2, 0) is 15.6 Å². The van der Waals surface area contributed by atoms with Crippen molar-refractivity contribution in [2.24, 2.45) is 0 Å². The Morgan fingerprint density at radius 1 is 0.975 bits per heavy atom. The number of hydrogen-bond donors (Lipinski definition) is 0. The fourth-order valence-electron chi connectivity index (χ4n) is 4.25. The first kappa shape index (κ1) is 29.3. The minimum absolute atomic E-state index is 0. The van der Waals surface area contributed by atoms with E-state index in [0.29, 0.717) is 21.5 Å². The quantitative estimate of drug-likeness (QED) is 0.231. The highest BCUT2D eigenvalue weighted by Crippen LogP contribution is 2.35. The largest absolute Gasteiger partial charge is 0.495 e. The number of sulfone groups is 1. The molecule has 0 N–H and O–H groups in total. The van der Waals surface area contributed by atoms with Crippen molar-refractivity contribution in [2.75, 3.05) is 7.11 Å². The Kier molecular flexibility index (Phi) is 8.35. The molecule has 1 atom stereocenters. The van der Waals surface area contributed by atoms with Crippen molar-refractivity contribution < 1.29 is 21.9 Å². The summed E-state index contributed by atoms with van der Waals surface area (Å²) in [5, 5.41) is 0.965. The van der Waals surface area contributed by atoms with Crippen LogP contribution < -0.4 is 10.3 Å². The Morgan fingerprint density at radius 3 is 2.38 bits per heavy atom. The molecule has 2 heterocycles. The molecule has 3 aromatic carbocycles. The number of benzene rings is 3. The second-order valence-corrected chi connectivity index (χ2v) is 11.2. The second-order valence-electron chi connectivity index (χ2n) is 8.77. The fraction of sp³-hybridized carbons (Fsp3) is 0.107. The number of hydrogen-bond acceptors (Lipinski definition) is 6. The van der Waals surface area contributed by atoms with Gasteiger partial charge in [0.2, 0.25) is 0 Å². The lowest BCUT2D eigenvalue weighted by molar-refractivity contribution is 0.412. The van der Waals surface area contributed by atoms with Gasteiger partial charge >= 0.3 is 0 Å². The van der Waals surface area contributed by atoms with Crippen molar-refractivity contribution >= 4 is 42.2 Å². The van der Waals surface area contributed by atoms with Crippen molar-refractivity contribution in [1.82, 2.24) is 14.5 Å². The van der Waals surface area contributed by atoms with Gasteiger partial charge in [0.05, 0.1) is 35.6 Å². The molecule has 0 spiro atoms. The molecule has 0 amide bonds. The van der Waals surface area contributed by atoms with Crippen molar-refractivity contribution in [3.05, 3.63) is 111 Å². The second kappa shape index (κ2) is 11.4. The van der Waals surface area contributed by atoms with Gasteiger partial charge in [-0.15, -0.1) is 0 Å². The minimum atomic E-state index is -3.90. The average molecular weight is 602 g/mol. The molecular formula is C28H23ClF2N3O4PS. The topological polar surface area (TPSA) is 91.2 Å². The standard InChI is InChI=1S/C28H20ClF2N3O4S.H3P/c1-16-9-17(3-6-22(16)29)21-11-26(38-2)25(12-23(21)31)34-24-7-5-20(10-18(24)4-8-28(34)35)39(36,37)15-27-32-13-19(30)14-33-27;/h3-14H,15H2,1-2H3;1H3. The van der Waals surface area contributed by atoms with Gasteiger partial charge in [-0.3, -0.25) is 9.36 Å². The van der Waals surface area contributed by atoms with E-state index in [1.807, 2.05) is 6.92 Å². The molecular weight excluding hydrogens is 579 g/mol. The summed E-state index contributed by atoms with van der Waals surface area (Å²) in [6.07, 6.45) is 1.78. The number of nitrogens with zero attached hydrogens (tertiary/aromatic N) is 3. The van der Waals surface area contributed by atoms with Crippen LogP contribution in [0.3, 0.4) is 0 Å². The van der Waals surface area contributed by atoms with Gasteiger partial charge in [0.1, 0.15) is 23.1 Å². The van der Waals surface area contributed by atoms with Crippen molar-refractivity contribution in [1.29, 1.82) is 0 Å². The van der Waals surface area contributed by atoms with Crippen molar-refractivity contribution in [2.45, 2.75) is 17.6 Å². The molecule has 40 heavy (non-hydrogen) atoms. The molecule has 5 aromatic rings. The van der Waals surface area contributed by atoms with Gasteiger partial charge < -0.3 is 4.74 Å². The highest BCUT2D eigenvalue weighted by Gasteiger charge is 2.20. The molecule has 0 fully saturated rings. The Balaban J connectivity index is 0.00000370. The maximum absolute atomic E-state index is 15.4. The molecule has 0 saturated carbocycles. The molecule has 0 aliphatic rings. The van der Waals surface area contributed by atoms with Crippen LogP contribution in [0.25, 0.3) is 27.7 Å². The van der Waals surface area contributed by atoms with Crippen molar-refractivity contribution in [3.63, 3.8) is 0 Å². The maximum atomic E-state index is 15.4. The number of aromatic nitrogens is 3. The van der Waals surface area contributed by atoms with Crippen LogP contribution in [0.5, 0.6) is 5.75 Å². The predicted molar refractivity (Wildman–Crippen MR) is 155 cm³/mol. The maximum Gasteiger partial charge on any atom is 0.255 e. The van der Waals surface area contributed by atoms with E-state index < -0.39 is 32.8 Å². The molecule has 0 radical (unpaired) electrons. The summed E-state index contributed by atoms with van der Waals surface area (Å²) in [6.45, 7) is 1.81. The number of aryl methyl sites for hydroxylation is 1. The van der Waals surface area contributed by atoms with Crippen molar-refractivity contribution in [3.8, 4) is 22.6 Å². The molecule has 2 aromatic heterocycles. The first-order valence-electron chi connectivity index (χ1n) is 11.6. The Labute approximate surface area is 237 Å². The van der Waals surface area contributed by atoms with Gasteiger partial charge in [-0.25, -0.2) is 27.2 Å². The molecule has 0 saturated heterocycles. The third-order valence-corrected chi connectivity index (χ3v) is 8.23. The molecule has 7 nitrogen and oxygen atoms in total. The zero-order chi connectivity index (χ0) is 27.9. The molecule has 0 bridgehead atoms. The van der Waals surface area contributed by atoms with Crippen LogP contribution in [0.1, 0.15) is 11.4 Å². The van der Waals surface area contributed by atoms with Gasteiger partial charge in [0.25, 0.3) is 5.56 Å². The monoisotopic (exact) mass is 601 g/mol. The van der Waals surface area contributed by atoms with Crippen LogP contribution >= 0.6 is 21.5 Å². The Bertz CT molecular complexity index is 1920. The summed E-state index contributed by atoms with van der Waals surface area (Å²) < 4.78 is 61.3. The Morgan fingerprint density at radius 2 is 1.70 bits per heavy atom. The number of rotatable bonds is 6. The molecule has 12 heteroatoms. The summed E-state index contributed by atoms with van der Waals surface area (Å²) >= 11 is 6.12. The number of halogens is 3. The summed E-state index contributed by atoms with van der Waals surface area (Å²) in [5.74, 6) is -1.63. The lowest BCUT2D eigenvalue weighted by atomic mass is 10.0. The van der Waals surface area contributed by atoms with Gasteiger partial charge in [0.15, 0.2) is 15.7 Å². The molecule has 1 unspecified atom stereocenters. The summed E-state index contributed by atoms with van der Waals surface area (Å²) in [7, 11) is -2.49. The highest BCUT2D eigenvalue weighted by atomic mass is 35.5. The first-order valence-corrected chi connectivity index (χ1v) is 13.6. The van der Waals surface area contributed by atoms with E-state index in [1.165, 1.54) is 54.1 Å². The van der Waals surface area contributed by atoms with E-state index in [9.17, 15) is 17.6 Å². The SMILES string of the molecule is COc1cc(-c2ccc(Cl)c(C)c2)c(F)cc1-n1c(=O)ccc2cc(S(=O)(=O)Cc3ncc(F)cn3)ccc21.P. The van der Waals surface area contributed by atoms with E-state index in [2.05, 4.69) is 9.97 Å². The third-order valence-electron chi connectivity index (χ3n) is 6.20. The van der Waals surface area contributed by atoms with E-state index in [-0.39, 0.29) is 37.6 Å². The third kappa shape index (κ3) is 5.61. The lowest BCUT2D eigenvalue weighted by Gasteiger charge is -2.17. The average Bonchev–Trinajstić information content (AvgIpc) is 2.91. The number of fused-ring (bicyclic) bond motifs is 1. The summed E-state index contributed by atoms with van der Waals surface area (Å²) in [4.78, 5) is 20.4. The fourth-order valence-corrected chi connectivity index (χ4v) is 5.60. The summed E-state index contributed by atoms with van der Waals surface area (Å²) in [6, 6.07) is 14.8. The Hall–Kier alpha value is -3.72. The predicted octanol–water partition coefficient (Wildman–Crippen LogP) is 5.73. The zero-order valence-corrected chi connectivity index (χ0v) is 24.3. The van der Waals surface area contributed by atoms with Crippen LogP contribution in [0.4, 0.5) is 8.78 Å². The number of pyridine rings is 1. The van der Waals surface area contributed by atoms with E-state index in [0.717, 1.165) is 18.0 Å². The lowest BCUT2D eigenvalue weighted by Crippen LogP contribution is -2.18. The highest BCUT2D eigenvalue weighted by molar-refractivity contribution is 7.90. The zero-order valence-electron chi connectivity index (χ0n) is 21.4. The van der Waals surface area contributed by atoms with E-state index in [1.54, 1.807) is 18.2 Å². The minimum Gasteiger partial charge on any atom is -0.495 e. The summed E-state index contributed by atoms with van der Waals surface area (Å²) in [5.41, 5.74) is 1.65. The van der Waals surface area contributed by atoms with Crippen LogP contribution in [0, 0.1) is 18.6 Å². The molecule has 0 aliphatic heterocycles. The van der Waals surface area contributed by atoms with Crippen LogP contribution in [0.2, 0.25) is 5.02 Å². The molecule has 206 valence electrons. The number of methoxy groups -OCH3 is 1. The van der Waals surface area contributed by atoms with Crippen LogP contribution in [-0.4, -0.2) is 30.1 Å².